The van der Waals surface area contributed by atoms with E-state index >= 15 is 0 Å². The van der Waals surface area contributed by atoms with Crippen LogP contribution in [0.1, 0.15) is 16.1 Å². The molecular weight excluding hydrogens is 276 g/mol. The third kappa shape index (κ3) is 4.06. The molecule has 0 spiro atoms. The van der Waals surface area contributed by atoms with Crippen molar-refractivity contribution in [1.29, 1.82) is 0 Å². The van der Waals surface area contributed by atoms with Gasteiger partial charge in [-0.1, -0.05) is 11.3 Å². The van der Waals surface area contributed by atoms with Crippen LogP contribution in [-0.4, -0.2) is 62.1 Å². The Morgan fingerprint density at radius 3 is 2.90 bits per heavy atom. The number of piperazine rings is 1. The Balaban J connectivity index is 1.70. The number of hydrogen-bond acceptors (Lipinski definition) is 7. The Kier molecular flexibility index (Phi) is 5.57. The van der Waals surface area contributed by atoms with E-state index in [4.69, 9.17) is 5.73 Å². The summed E-state index contributed by atoms with van der Waals surface area (Å²) in [7, 11) is 1.76. The Morgan fingerprint density at radius 2 is 2.25 bits per heavy atom. The number of rotatable bonds is 6. The van der Waals surface area contributed by atoms with Crippen LogP contribution >= 0.6 is 11.3 Å². The molecular formula is C12H22N6OS. The summed E-state index contributed by atoms with van der Waals surface area (Å²) in [5, 5.41) is 9.77. The van der Waals surface area contributed by atoms with Crippen LogP contribution < -0.4 is 21.7 Å². The number of thiazole rings is 1. The fourth-order valence-corrected chi connectivity index (χ4v) is 2.88. The molecule has 0 aromatic carbocycles. The molecule has 2 rings (SSSR count). The maximum Gasteiger partial charge on any atom is 0.265 e. The van der Waals surface area contributed by atoms with Crippen molar-refractivity contribution in [2.75, 3.05) is 57.4 Å². The van der Waals surface area contributed by atoms with Crippen LogP contribution in [0, 0.1) is 0 Å². The molecule has 1 aromatic rings. The van der Waals surface area contributed by atoms with Gasteiger partial charge in [0.05, 0.1) is 0 Å². The van der Waals surface area contributed by atoms with Crippen molar-refractivity contribution in [3.05, 3.63) is 4.88 Å². The third-order valence-electron chi connectivity index (χ3n) is 3.22. The van der Waals surface area contributed by atoms with Crippen molar-refractivity contribution >= 4 is 28.2 Å². The van der Waals surface area contributed by atoms with Crippen molar-refractivity contribution in [3.8, 4) is 0 Å². The average Bonchev–Trinajstić information content (AvgIpc) is 2.86. The molecule has 0 unspecified atom stereocenters. The zero-order chi connectivity index (χ0) is 14.4. The van der Waals surface area contributed by atoms with Gasteiger partial charge in [-0.25, -0.2) is 4.98 Å². The minimum Gasteiger partial charge on any atom is -0.382 e. The maximum atomic E-state index is 12.0. The van der Waals surface area contributed by atoms with Gasteiger partial charge in [0.1, 0.15) is 10.7 Å². The van der Waals surface area contributed by atoms with Gasteiger partial charge in [0.25, 0.3) is 5.91 Å². The first-order chi connectivity index (χ1) is 9.70. The standard InChI is InChI=1S/C12H22N6OS/c1-14-12-17-10(13)9(20-12)11(19)16-3-2-6-18-7-4-15-5-8-18/h15H,2-8,13H2,1H3,(H,14,17)(H,16,19). The van der Waals surface area contributed by atoms with E-state index in [1.165, 1.54) is 11.3 Å². The molecule has 1 aliphatic heterocycles. The van der Waals surface area contributed by atoms with Crippen LogP contribution in [0.4, 0.5) is 10.9 Å². The highest BCUT2D eigenvalue weighted by molar-refractivity contribution is 7.18. The molecule has 20 heavy (non-hydrogen) atoms. The predicted molar refractivity (Wildman–Crippen MR) is 82.3 cm³/mol. The Morgan fingerprint density at radius 1 is 1.50 bits per heavy atom. The van der Waals surface area contributed by atoms with Gasteiger partial charge in [0.15, 0.2) is 5.13 Å². The molecule has 2 heterocycles. The van der Waals surface area contributed by atoms with Crippen LogP contribution in [0.5, 0.6) is 0 Å². The van der Waals surface area contributed by atoms with Crippen LogP contribution in [0.2, 0.25) is 0 Å². The van der Waals surface area contributed by atoms with Gasteiger partial charge in [0, 0.05) is 39.8 Å². The number of nitrogens with one attached hydrogen (secondary N) is 3. The molecule has 8 heteroatoms. The van der Waals surface area contributed by atoms with Gasteiger partial charge in [-0.05, 0) is 13.0 Å². The van der Waals surface area contributed by atoms with E-state index in [2.05, 4.69) is 25.8 Å². The molecule has 1 aromatic heterocycles. The van der Waals surface area contributed by atoms with Gasteiger partial charge < -0.3 is 26.6 Å². The number of nitrogen functional groups attached to an aromatic ring is 1. The second-order valence-electron chi connectivity index (χ2n) is 4.68. The summed E-state index contributed by atoms with van der Waals surface area (Å²) in [5.41, 5.74) is 5.72. The number of amides is 1. The lowest BCUT2D eigenvalue weighted by molar-refractivity contribution is 0.0956. The highest BCUT2D eigenvalue weighted by atomic mass is 32.1. The summed E-state index contributed by atoms with van der Waals surface area (Å²) < 4.78 is 0. The number of hydrogen-bond donors (Lipinski definition) is 4. The smallest absolute Gasteiger partial charge is 0.265 e. The number of nitrogens with two attached hydrogens (primary N) is 1. The zero-order valence-electron chi connectivity index (χ0n) is 11.7. The van der Waals surface area contributed by atoms with Crippen LogP contribution in [0.3, 0.4) is 0 Å². The normalized spacial score (nSPS) is 16.1. The minimum atomic E-state index is -0.137. The topological polar surface area (TPSA) is 95.3 Å². The summed E-state index contributed by atoms with van der Waals surface area (Å²) in [6.45, 7) is 5.95. The number of anilines is 2. The first kappa shape index (κ1) is 15.0. The Labute approximate surface area is 122 Å². The Bertz CT molecular complexity index is 443. The van der Waals surface area contributed by atoms with Gasteiger partial charge in [-0.3, -0.25) is 4.79 Å². The molecule has 0 bridgehead atoms. The Hall–Kier alpha value is -1.38. The van der Waals surface area contributed by atoms with Crippen molar-refractivity contribution in [1.82, 2.24) is 20.5 Å². The molecule has 1 fully saturated rings. The highest BCUT2D eigenvalue weighted by Gasteiger charge is 2.15. The van der Waals surface area contributed by atoms with E-state index in [9.17, 15) is 4.79 Å². The summed E-state index contributed by atoms with van der Waals surface area (Å²) in [6.07, 6.45) is 0.948. The maximum absolute atomic E-state index is 12.0. The van der Waals surface area contributed by atoms with Gasteiger partial charge in [-0.2, -0.15) is 0 Å². The molecule has 0 atom stereocenters. The van der Waals surface area contributed by atoms with Crippen molar-refractivity contribution in [2.24, 2.45) is 0 Å². The zero-order valence-corrected chi connectivity index (χ0v) is 12.6. The second kappa shape index (κ2) is 7.41. The van der Waals surface area contributed by atoms with E-state index < -0.39 is 0 Å². The molecule has 7 nitrogen and oxygen atoms in total. The van der Waals surface area contributed by atoms with Gasteiger partial charge in [0.2, 0.25) is 0 Å². The third-order valence-corrected chi connectivity index (χ3v) is 4.31. The van der Waals surface area contributed by atoms with E-state index in [0.717, 1.165) is 39.1 Å². The lowest BCUT2D eigenvalue weighted by Gasteiger charge is -2.27. The molecule has 5 N–H and O–H groups in total. The first-order valence-electron chi connectivity index (χ1n) is 6.86. The van der Waals surface area contributed by atoms with E-state index in [1.54, 1.807) is 7.05 Å². The molecule has 1 saturated heterocycles. The lowest BCUT2D eigenvalue weighted by Crippen LogP contribution is -2.44. The van der Waals surface area contributed by atoms with Crippen molar-refractivity contribution in [3.63, 3.8) is 0 Å². The minimum absolute atomic E-state index is 0.137. The van der Waals surface area contributed by atoms with Crippen LogP contribution in [0.25, 0.3) is 0 Å². The van der Waals surface area contributed by atoms with Gasteiger partial charge >= 0.3 is 0 Å². The van der Waals surface area contributed by atoms with Crippen LogP contribution in [0.15, 0.2) is 0 Å². The fraction of sp³-hybridized carbons (Fsp3) is 0.667. The fourth-order valence-electron chi connectivity index (χ4n) is 2.12. The van der Waals surface area contributed by atoms with E-state index in [0.29, 0.717) is 22.4 Å². The molecule has 0 saturated carbocycles. The van der Waals surface area contributed by atoms with Crippen LogP contribution in [-0.2, 0) is 0 Å². The number of carbonyl (C=O) groups is 1. The molecule has 1 aliphatic rings. The summed E-state index contributed by atoms with van der Waals surface area (Å²) in [5.74, 6) is 0.153. The predicted octanol–water partition coefficient (Wildman–Crippen LogP) is -0.208. The molecule has 0 radical (unpaired) electrons. The van der Waals surface area contributed by atoms with Crippen molar-refractivity contribution < 1.29 is 4.79 Å². The highest BCUT2D eigenvalue weighted by Crippen LogP contribution is 2.24. The van der Waals surface area contributed by atoms with Gasteiger partial charge in [-0.15, -0.1) is 0 Å². The summed E-state index contributed by atoms with van der Waals surface area (Å²) >= 11 is 1.28. The van der Waals surface area contributed by atoms with E-state index in [1.807, 2.05) is 0 Å². The van der Waals surface area contributed by atoms with Crippen molar-refractivity contribution in [2.45, 2.75) is 6.42 Å². The lowest BCUT2D eigenvalue weighted by atomic mass is 10.3. The number of nitrogens with zero attached hydrogens (tertiary/aromatic N) is 2. The quantitative estimate of drug-likeness (QED) is 0.543. The summed E-state index contributed by atoms with van der Waals surface area (Å²) in [6, 6.07) is 0. The molecule has 1 amide bonds. The number of carbonyl (C=O) groups excluding carboxylic acids is 1. The number of aromatic nitrogens is 1. The second-order valence-corrected chi connectivity index (χ2v) is 5.68. The SMILES string of the molecule is CNc1nc(N)c(C(=O)NCCCN2CCNCC2)s1. The monoisotopic (exact) mass is 298 g/mol. The first-order valence-corrected chi connectivity index (χ1v) is 7.67. The molecule has 112 valence electrons. The molecule has 0 aliphatic carbocycles. The van der Waals surface area contributed by atoms with E-state index in [-0.39, 0.29) is 5.91 Å². The largest absolute Gasteiger partial charge is 0.382 e. The average molecular weight is 298 g/mol. The summed E-state index contributed by atoms with van der Waals surface area (Å²) in [4.78, 5) is 18.9.